The van der Waals surface area contributed by atoms with Gasteiger partial charge < -0.3 is 10.1 Å². The summed E-state index contributed by atoms with van der Waals surface area (Å²) in [5, 5.41) is 3.75. The summed E-state index contributed by atoms with van der Waals surface area (Å²) in [7, 11) is 0. The third-order valence-electron chi connectivity index (χ3n) is 5.44. The Morgan fingerprint density at radius 2 is 1.63 bits per heavy atom. The van der Waals surface area contributed by atoms with Gasteiger partial charge >= 0.3 is 0 Å². The molecule has 3 aliphatic rings. The van der Waals surface area contributed by atoms with Gasteiger partial charge in [-0.3, -0.25) is 0 Å². The van der Waals surface area contributed by atoms with E-state index in [9.17, 15) is 0 Å². The molecule has 2 heteroatoms. The first-order valence-electron chi connectivity index (χ1n) is 8.77. The Morgan fingerprint density at radius 3 is 2.42 bits per heavy atom. The van der Waals surface area contributed by atoms with E-state index in [2.05, 4.69) is 5.32 Å². The van der Waals surface area contributed by atoms with Gasteiger partial charge in [-0.1, -0.05) is 32.1 Å². The molecule has 19 heavy (non-hydrogen) atoms. The van der Waals surface area contributed by atoms with Crippen molar-refractivity contribution in [1.29, 1.82) is 0 Å². The Labute approximate surface area is 118 Å². The average molecular weight is 265 g/mol. The summed E-state index contributed by atoms with van der Waals surface area (Å²) < 4.78 is 6.00. The minimum Gasteiger partial charge on any atom is -0.377 e. The summed E-state index contributed by atoms with van der Waals surface area (Å²) in [5.41, 5.74) is 0. The molecule has 3 fully saturated rings. The number of rotatable bonds is 6. The van der Waals surface area contributed by atoms with E-state index in [4.69, 9.17) is 4.74 Å². The molecule has 110 valence electrons. The molecule has 3 saturated carbocycles. The third-order valence-corrected chi connectivity index (χ3v) is 5.44. The van der Waals surface area contributed by atoms with E-state index in [1.165, 1.54) is 70.6 Å². The quantitative estimate of drug-likeness (QED) is 0.736. The van der Waals surface area contributed by atoms with Gasteiger partial charge in [-0.15, -0.1) is 0 Å². The molecule has 0 aliphatic heterocycles. The Bertz CT molecular complexity index is 258. The molecule has 0 heterocycles. The lowest BCUT2D eigenvalue weighted by atomic mass is 9.83. The van der Waals surface area contributed by atoms with Crippen molar-refractivity contribution in [2.24, 2.45) is 11.8 Å². The molecule has 0 spiro atoms. The number of hydrogen-bond donors (Lipinski definition) is 1. The zero-order valence-corrected chi connectivity index (χ0v) is 12.4. The van der Waals surface area contributed by atoms with Crippen LogP contribution in [0.1, 0.15) is 70.6 Å². The second-order valence-electron chi connectivity index (χ2n) is 7.05. The molecule has 0 saturated heterocycles. The van der Waals surface area contributed by atoms with Gasteiger partial charge in [-0.05, 0) is 50.4 Å². The molecular weight excluding hydrogens is 234 g/mol. The van der Waals surface area contributed by atoms with Gasteiger partial charge in [0.2, 0.25) is 0 Å². The maximum absolute atomic E-state index is 6.00. The highest BCUT2D eigenvalue weighted by Crippen LogP contribution is 2.43. The highest BCUT2D eigenvalue weighted by Gasteiger charge is 2.34. The molecule has 3 rings (SSSR count). The van der Waals surface area contributed by atoms with Crippen LogP contribution in [0.15, 0.2) is 0 Å². The van der Waals surface area contributed by atoms with Gasteiger partial charge in [0.05, 0.1) is 12.7 Å². The standard InChI is InChI=1S/C17H31NO/c1-2-7-17(8-3-1)19-12-11-18-16-6-4-5-15(13-16)14-9-10-14/h14-18H,1-13H2. The molecule has 3 aliphatic carbocycles. The third kappa shape index (κ3) is 4.46. The molecule has 2 atom stereocenters. The fraction of sp³-hybridized carbons (Fsp3) is 1.00. The largest absolute Gasteiger partial charge is 0.377 e. The molecule has 0 bridgehead atoms. The second-order valence-corrected chi connectivity index (χ2v) is 7.05. The molecule has 0 radical (unpaired) electrons. The Balaban J connectivity index is 1.26. The van der Waals surface area contributed by atoms with Crippen molar-refractivity contribution >= 4 is 0 Å². The van der Waals surface area contributed by atoms with Crippen LogP contribution in [-0.4, -0.2) is 25.3 Å². The second kappa shape index (κ2) is 7.08. The van der Waals surface area contributed by atoms with Crippen molar-refractivity contribution in [3.05, 3.63) is 0 Å². The van der Waals surface area contributed by atoms with Crippen molar-refractivity contribution in [1.82, 2.24) is 5.32 Å². The van der Waals surface area contributed by atoms with E-state index >= 15 is 0 Å². The zero-order chi connectivity index (χ0) is 12.9. The van der Waals surface area contributed by atoms with E-state index in [0.29, 0.717) is 6.10 Å². The van der Waals surface area contributed by atoms with Crippen LogP contribution in [0, 0.1) is 11.8 Å². The molecule has 0 amide bonds. The van der Waals surface area contributed by atoms with Gasteiger partial charge in [0.1, 0.15) is 0 Å². The monoisotopic (exact) mass is 265 g/mol. The van der Waals surface area contributed by atoms with Crippen molar-refractivity contribution in [2.45, 2.75) is 82.8 Å². The first-order chi connectivity index (χ1) is 9.42. The molecule has 2 unspecified atom stereocenters. The summed E-state index contributed by atoms with van der Waals surface area (Å²) in [6, 6.07) is 0.786. The van der Waals surface area contributed by atoms with Crippen LogP contribution in [0.5, 0.6) is 0 Å². The molecule has 2 nitrogen and oxygen atoms in total. The average Bonchev–Trinajstić information content (AvgIpc) is 3.30. The minimum atomic E-state index is 0.570. The van der Waals surface area contributed by atoms with E-state index in [1.54, 1.807) is 0 Å². The van der Waals surface area contributed by atoms with Crippen LogP contribution in [0.25, 0.3) is 0 Å². The van der Waals surface area contributed by atoms with Crippen molar-refractivity contribution in [2.75, 3.05) is 13.2 Å². The van der Waals surface area contributed by atoms with E-state index < -0.39 is 0 Å². The number of ether oxygens (including phenoxy) is 1. The summed E-state index contributed by atoms with van der Waals surface area (Å²) in [4.78, 5) is 0. The summed E-state index contributed by atoms with van der Waals surface area (Å²) in [5.74, 6) is 2.15. The smallest absolute Gasteiger partial charge is 0.0594 e. The Morgan fingerprint density at radius 1 is 0.789 bits per heavy atom. The van der Waals surface area contributed by atoms with Gasteiger partial charge in [0.25, 0.3) is 0 Å². The van der Waals surface area contributed by atoms with Crippen LogP contribution >= 0.6 is 0 Å². The van der Waals surface area contributed by atoms with Gasteiger partial charge in [-0.2, -0.15) is 0 Å². The fourth-order valence-corrected chi connectivity index (χ4v) is 4.13. The van der Waals surface area contributed by atoms with E-state index in [-0.39, 0.29) is 0 Å². The Kier molecular flexibility index (Phi) is 5.17. The van der Waals surface area contributed by atoms with Gasteiger partial charge in [-0.25, -0.2) is 0 Å². The lowest BCUT2D eigenvalue weighted by molar-refractivity contribution is 0.0285. The van der Waals surface area contributed by atoms with E-state index in [0.717, 1.165) is 31.0 Å². The SMILES string of the molecule is C1CCC(OCCNC2CCCC(C3CC3)C2)CC1. The van der Waals surface area contributed by atoms with Crippen LogP contribution in [0.2, 0.25) is 0 Å². The number of nitrogens with one attached hydrogen (secondary N) is 1. The topological polar surface area (TPSA) is 21.3 Å². The highest BCUT2D eigenvalue weighted by atomic mass is 16.5. The molecular formula is C17H31NO. The first-order valence-corrected chi connectivity index (χ1v) is 8.77. The molecule has 0 aromatic rings. The predicted octanol–water partition coefficient (Wildman–Crippen LogP) is 3.89. The van der Waals surface area contributed by atoms with Crippen LogP contribution in [0.4, 0.5) is 0 Å². The highest BCUT2D eigenvalue weighted by molar-refractivity contribution is 4.87. The first kappa shape index (κ1) is 13.9. The van der Waals surface area contributed by atoms with Crippen molar-refractivity contribution in [3.8, 4) is 0 Å². The molecule has 1 N–H and O–H groups in total. The van der Waals surface area contributed by atoms with E-state index in [1.807, 2.05) is 0 Å². The minimum absolute atomic E-state index is 0.570. The lowest BCUT2D eigenvalue weighted by Crippen LogP contribution is -2.37. The van der Waals surface area contributed by atoms with Crippen LogP contribution < -0.4 is 5.32 Å². The van der Waals surface area contributed by atoms with Gasteiger partial charge in [0, 0.05) is 12.6 Å². The maximum Gasteiger partial charge on any atom is 0.0594 e. The maximum atomic E-state index is 6.00. The molecule has 0 aromatic heterocycles. The lowest BCUT2D eigenvalue weighted by Gasteiger charge is -2.30. The predicted molar refractivity (Wildman–Crippen MR) is 79.3 cm³/mol. The number of hydrogen-bond acceptors (Lipinski definition) is 2. The van der Waals surface area contributed by atoms with Crippen molar-refractivity contribution in [3.63, 3.8) is 0 Å². The van der Waals surface area contributed by atoms with Crippen LogP contribution in [0.3, 0.4) is 0 Å². The van der Waals surface area contributed by atoms with Crippen LogP contribution in [-0.2, 0) is 4.74 Å². The summed E-state index contributed by atoms with van der Waals surface area (Å²) in [6.07, 6.45) is 16.2. The van der Waals surface area contributed by atoms with Crippen molar-refractivity contribution < 1.29 is 4.74 Å². The fourth-order valence-electron chi connectivity index (χ4n) is 4.13. The summed E-state index contributed by atoms with van der Waals surface area (Å²) >= 11 is 0. The Hall–Kier alpha value is -0.0800. The molecule has 0 aromatic carbocycles. The van der Waals surface area contributed by atoms with Gasteiger partial charge in [0.15, 0.2) is 0 Å². The normalized spacial score (nSPS) is 33.5. The summed E-state index contributed by atoms with van der Waals surface area (Å²) in [6.45, 7) is 1.99. The zero-order valence-electron chi connectivity index (χ0n) is 12.4.